The van der Waals surface area contributed by atoms with Gasteiger partial charge in [-0.3, -0.25) is 13.9 Å². The molecule has 1 aliphatic carbocycles. The largest absolute Gasteiger partial charge is 0.328 e. The number of aryl methyl sites for hydroxylation is 2. The first-order valence-corrected chi connectivity index (χ1v) is 8.70. The van der Waals surface area contributed by atoms with Gasteiger partial charge in [-0.15, -0.1) is 0 Å². The lowest BCUT2D eigenvalue weighted by molar-refractivity contribution is -0.128. The summed E-state index contributed by atoms with van der Waals surface area (Å²) in [6.07, 6.45) is 4.44. The average Bonchev–Trinajstić information content (AvgIpc) is 3.12. The summed E-state index contributed by atoms with van der Waals surface area (Å²) in [6.45, 7) is 1.72. The molecule has 0 spiro atoms. The fraction of sp³-hybridized carbons (Fsp3) is 0.556. The van der Waals surface area contributed by atoms with Crippen LogP contribution in [-0.2, 0) is 18.9 Å². The van der Waals surface area contributed by atoms with Crippen LogP contribution in [-0.4, -0.2) is 28.1 Å². The summed E-state index contributed by atoms with van der Waals surface area (Å²) in [5.41, 5.74) is 2.15. The molecule has 2 fully saturated rings. The minimum atomic E-state index is -0.268. The van der Waals surface area contributed by atoms with E-state index in [0.717, 1.165) is 49.1 Å². The maximum atomic E-state index is 13.0. The van der Waals surface area contributed by atoms with Crippen molar-refractivity contribution < 1.29 is 4.79 Å². The first kappa shape index (κ1) is 15.4. The van der Waals surface area contributed by atoms with Crippen molar-refractivity contribution in [2.45, 2.75) is 25.7 Å². The Kier molecular flexibility index (Phi) is 3.53. The fourth-order valence-corrected chi connectivity index (χ4v) is 4.53. The SMILES string of the molecule is Cn1c(=O)n(C)c2cc(NC(=O)[C@@]34CCCC[C@H]3CNC4)ccc21. The van der Waals surface area contributed by atoms with Gasteiger partial charge in [-0.2, -0.15) is 0 Å². The molecule has 1 aromatic carbocycles. The maximum Gasteiger partial charge on any atom is 0.328 e. The number of benzene rings is 1. The van der Waals surface area contributed by atoms with Crippen molar-refractivity contribution in [1.29, 1.82) is 0 Å². The van der Waals surface area contributed by atoms with Crippen LogP contribution >= 0.6 is 0 Å². The molecule has 1 amide bonds. The molecule has 4 rings (SSSR count). The zero-order valence-corrected chi connectivity index (χ0v) is 14.3. The number of fused-ring (bicyclic) bond motifs is 2. The zero-order valence-electron chi connectivity index (χ0n) is 14.3. The van der Waals surface area contributed by atoms with Gasteiger partial charge in [-0.1, -0.05) is 12.8 Å². The number of carbonyl (C=O) groups is 1. The number of hydrogen-bond acceptors (Lipinski definition) is 3. The Bertz CT molecular complexity index is 866. The average molecular weight is 328 g/mol. The number of nitrogens with zero attached hydrogens (tertiary/aromatic N) is 2. The van der Waals surface area contributed by atoms with Crippen LogP contribution in [0.4, 0.5) is 5.69 Å². The highest BCUT2D eigenvalue weighted by molar-refractivity contribution is 5.97. The van der Waals surface area contributed by atoms with E-state index in [0.29, 0.717) is 5.92 Å². The third kappa shape index (κ3) is 2.13. The van der Waals surface area contributed by atoms with Gasteiger partial charge in [0.25, 0.3) is 0 Å². The maximum absolute atomic E-state index is 13.0. The Balaban J connectivity index is 1.65. The summed E-state index contributed by atoms with van der Waals surface area (Å²) in [7, 11) is 3.52. The lowest BCUT2D eigenvalue weighted by Gasteiger charge is -2.37. The molecule has 0 radical (unpaired) electrons. The van der Waals surface area contributed by atoms with Gasteiger partial charge in [0.2, 0.25) is 5.91 Å². The smallest absolute Gasteiger partial charge is 0.325 e. The lowest BCUT2D eigenvalue weighted by atomic mass is 9.67. The molecule has 1 saturated heterocycles. The van der Waals surface area contributed by atoms with Crippen molar-refractivity contribution in [1.82, 2.24) is 14.5 Å². The molecule has 128 valence electrons. The lowest BCUT2D eigenvalue weighted by Crippen LogP contribution is -2.44. The Labute approximate surface area is 140 Å². The van der Waals surface area contributed by atoms with Crippen LogP contribution < -0.4 is 16.3 Å². The first-order chi connectivity index (χ1) is 11.5. The minimum absolute atomic E-state index is 0.0561. The Morgan fingerprint density at radius 1 is 1.25 bits per heavy atom. The van der Waals surface area contributed by atoms with Crippen LogP contribution in [0.2, 0.25) is 0 Å². The van der Waals surface area contributed by atoms with Crippen molar-refractivity contribution in [2.24, 2.45) is 25.4 Å². The Morgan fingerprint density at radius 3 is 2.88 bits per heavy atom. The van der Waals surface area contributed by atoms with E-state index in [1.54, 1.807) is 23.2 Å². The molecule has 2 heterocycles. The van der Waals surface area contributed by atoms with Crippen LogP contribution in [0.5, 0.6) is 0 Å². The van der Waals surface area contributed by atoms with Gasteiger partial charge in [0.1, 0.15) is 0 Å². The van der Waals surface area contributed by atoms with E-state index in [1.165, 1.54) is 6.42 Å². The summed E-state index contributed by atoms with van der Waals surface area (Å²) < 4.78 is 3.24. The highest BCUT2D eigenvalue weighted by Gasteiger charge is 2.49. The molecule has 0 bridgehead atoms. The van der Waals surface area contributed by atoms with Gasteiger partial charge < -0.3 is 10.6 Å². The van der Waals surface area contributed by atoms with Crippen molar-refractivity contribution >= 4 is 22.6 Å². The van der Waals surface area contributed by atoms with Gasteiger partial charge >= 0.3 is 5.69 Å². The molecule has 6 heteroatoms. The number of aromatic nitrogens is 2. The summed E-state index contributed by atoms with van der Waals surface area (Å²) in [5, 5.41) is 6.53. The number of hydrogen-bond donors (Lipinski definition) is 2. The van der Waals surface area contributed by atoms with Crippen LogP contribution in [0.25, 0.3) is 11.0 Å². The summed E-state index contributed by atoms with van der Waals surface area (Å²) in [5.74, 6) is 0.563. The molecule has 1 aliphatic heterocycles. The summed E-state index contributed by atoms with van der Waals surface area (Å²) >= 11 is 0. The molecule has 2 aliphatic rings. The molecule has 6 nitrogen and oxygen atoms in total. The predicted molar refractivity (Wildman–Crippen MR) is 94.1 cm³/mol. The number of nitrogens with one attached hydrogen (secondary N) is 2. The fourth-order valence-electron chi connectivity index (χ4n) is 4.53. The van der Waals surface area contributed by atoms with Gasteiger partial charge in [0.15, 0.2) is 0 Å². The van der Waals surface area contributed by atoms with Crippen LogP contribution in [0.15, 0.2) is 23.0 Å². The molecule has 2 atom stereocenters. The second kappa shape index (κ2) is 5.48. The topological polar surface area (TPSA) is 68.1 Å². The molecular weight excluding hydrogens is 304 g/mol. The number of carbonyl (C=O) groups excluding carboxylic acids is 1. The van der Waals surface area contributed by atoms with Gasteiger partial charge in [0.05, 0.1) is 16.4 Å². The molecule has 2 N–H and O–H groups in total. The Morgan fingerprint density at radius 2 is 2.04 bits per heavy atom. The molecule has 0 unspecified atom stereocenters. The third-order valence-corrected chi connectivity index (χ3v) is 6.02. The van der Waals surface area contributed by atoms with Crippen molar-refractivity contribution in [3.63, 3.8) is 0 Å². The highest BCUT2D eigenvalue weighted by atomic mass is 16.2. The van der Waals surface area contributed by atoms with Crippen molar-refractivity contribution in [2.75, 3.05) is 18.4 Å². The molecule has 2 aromatic rings. The summed E-state index contributed by atoms with van der Waals surface area (Å²) in [4.78, 5) is 25.1. The van der Waals surface area contributed by atoms with Gasteiger partial charge in [-0.05, 0) is 43.5 Å². The van der Waals surface area contributed by atoms with E-state index >= 15 is 0 Å². The minimum Gasteiger partial charge on any atom is -0.325 e. The predicted octanol–water partition coefficient (Wildman–Crippen LogP) is 1.60. The zero-order chi connectivity index (χ0) is 16.9. The quantitative estimate of drug-likeness (QED) is 0.880. The number of rotatable bonds is 2. The molecule has 24 heavy (non-hydrogen) atoms. The van der Waals surface area contributed by atoms with E-state index in [1.807, 2.05) is 18.2 Å². The molecular formula is C18H24N4O2. The summed E-state index contributed by atoms with van der Waals surface area (Å²) in [6, 6.07) is 5.68. The first-order valence-electron chi connectivity index (χ1n) is 8.70. The second-order valence-corrected chi connectivity index (χ2v) is 7.29. The number of amides is 1. The van der Waals surface area contributed by atoms with E-state index in [4.69, 9.17) is 0 Å². The van der Waals surface area contributed by atoms with Crippen molar-refractivity contribution in [3.05, 3.63) is 28.7 Å². The third-order valence-electron chi connectivity index (χ3n) is 6.02. The highest BCUT2D eigenvalue weighted by Crippen LogP contribution is 2.44. The Hall–Kier alpha value is -2.08. The van der Waals surface area contributed by atoms with Gasteiger partial charge in [-0.25, -0.2) is 4.79 Å². The number of anilines is 1. The normalized spacial score (nSPS) is 26.5. The van der Waals surface area contributed by atoms with E-state index in [-0.39, 0.29) is 17.0 Å². The second-order valence-electron chi connectivity index (χ2n) is 7.29. The van der Waals surface area contributed by atoms with Crippen molar-refractivity contribution in [3.8, 4) is 0 Å². The monoisotopic (exact) mass is 328 g/mol. The van der Waals surface area contributed by atoms with Crippen LogP contribution in [0.3, 0.4) is 0 Å². The number of imidazole rings is 1. The van der Waals surface area contributed by atoms with Crippen LogP contribution in [0, 0.1) is 11.3 Å². The molecule has 1 aromatic heterocycles. The van der Waals surface area contributed by atoms with E-state index in [2.05, 4.69) is 10.6 Å². The molecule has 1 saturated carbocycles. The van der Waals surface area contributed by atoms with E-state index < -0.39 is 0 Å². The van der Waals surface area contributed by atoms with Crippen LogP contribution in [0.1, 0.15) is 25.7 Å². The van der Waals surface area contributed by atoms with Gasteiger partial charge in [0, 0.05) is 26.3 Å². The standard InChI is InChI=1S/C18H24N4O2/c1-21-14-7-6-13(9-15(14)22(2)17(21)24)20-16(23)18-8-4-3-5-12(18)10-19-11-18/h6-7,9,12,19H,3-5,8,10-11H2,1-2H3,(H,20,23)/t12-,18+/m0/s1. The van der Waals surface area contributed by atoms with E-state index in [9.17, 15) is 9.59 Å².